The van der Waals surface area contributed by atoms with Crippen LogP contribution >= 0.6 is 0 Å². The number of aryl methyl sites for hydroxylation is 2. The highest BCUT2D eigenvalue weighted by Gasteiger charge is 2.20. The average Bonchev–Trinajstić information content (AvgIpc) is 3.17. The highest BCUT2D eigenvalue weighted by Crippen LogP contribution is 2.16. The molecule has 1 aliphatic heterocycles. The summed E-state index contributed by atoms with van der Waals surface area (Å²) in [4.78, 5) is 32.4. The second-order valence-corrected chi connectivity index (χ2v) is 6.88. The zero-order chi connectivity index (χ0) is 19.1. The number of ether oxygens (including phenoxy) is 1. The Labute approximate surface area is 155 Å². The first-order chi connectivity index (χ1) is 13.0. The van der Waals surface area contributed by atoms with E-state index in [0.29, 0.717) is 16.9 Å². The molecule has 0 spiro atoms. The Morgan fingerprint density at radius 2 is 1.96 bits per heavy atom. The van der Waals surface area contributed by atoms with E-state index in [-0.39, 0.29) is 17.8 Å². The SMILES string of the molecule is C=CCn1c(=O)c2c(nc3n(CCN4CCOCC4)c(C)cn23)n(C)c1=O. The molecule has 3 aromatic heterocycles. The quantitative estimate of drug-likeness (QED) is 0.588. The number of hydrogen-bond acceptors (Lipinski definition) is 5. The molecule has 0 unspecified atom stereocenters. The van der Waals surface area contributed by atoms with Crippen LogP contribution in [0.4, 0.5) is 0 Å². The normalized spacial score (nSPS) is 15.8. The number of rotatable bonds is 5. The van der Waals surface area contributed by atoms with Crippen LogP contribution in [0.5, 0.6) is 0 Å². The van der Waals surface area contributed by atoms with E-state index in [9.17, 15) is 9.59 Å². The van der Waals surface area contributed by atoms with Crippen LogP contribution in [0.3, 0.4) is 0 Å². The molecule has 3 aromatic rings. The summed E-state index contributed by atoms with van der Waals surface area (Å²) in [5.41, 5.74) is 1.12. The summed E-state index contributed by atoms with van der Waals surface area (Å²) in [6.07, 6.45) is 3.46. The van der Waals surface area contributed by atoms with Gasteiger partial charge in [-0.15, -0.1) is 6.58 Å². The molecule has 0 N–H and O–H groups in total. The van der Waals surface area contributed by atoms with Gasteiger partial charge in [-0.1, -0.05) is 6.08 Å². The monoisotopic (exact) mass is 372 g/mol. The number of nitrogens with zero attached hydrogens (tertiary/aromatic N) is 6. The van der Waals surface area contributed by atoms with Gasteiger partial charge < -0.3 is 9.30 Å². The Morgan fingerprint density at radius 1 is 1.22 bits per heavy atom. The Kier molecular flexibility index (Phi) is 4.48. The minimum atomic E-state index is -0.384. The zero-order valence-corrected chi connectivity index (χ0v) is 15.7. The van der Waals surface area contributed by atoms with Crippen molar-refractivity contribution in [3.05, 3.63) is 45.4 Å². The molecule has 0 radical (unpaired) electrons. The second kappa shape index (κ2) is 6.82. The minimum absolute atomic E-state index is 0.172. The average molecular weight is 372 g/mol. The van der Waals surface area contributed by atoms with Gasteiger partial charge in [0.15, 0.2) is 11.2 Å². The van der Waals surface area contributed by atoms with Gasteiger partial charge in [0.05, 0.1) is 13.2 Å². The molecule has 4 heterocycles. The van der Waals surface area contributed by atoms with Crippen molar-refractivity contribution >= 4 is 16.9 Å². The van der Waals surface area contributed by atoms with Crippen LogP contribution in [0.25, 0.3) is 16.9 Å². The van der Waals surface area contributed by atoms with Gasteiger partial charge in [0.2, 0.25) is 5.78 Å². The van der Waals surface area contributed by atoms with Gasteiger partial charge >= 0.3 is 5.69 Å². The molecule has 9 nitrogen and oxygen atoms in total. The lowest BCUT2D eigenvalue weighted by atomic mass is 10.4. The Morgan fingerprint density at radius 3 is 2.67 bits per heavy atom. The van der Waals surface area contributed by atoms with Crippen molar-refractivity contribution < 1.29 is 4.74 Å². The minimum Gasteiger partial charge on any atom is -0.379 e. The van der Waals surface area contributed by atoms with Crippen LogP contribution in [-0.4, -0.2) is 60.8 Å². The Balaban J connectivity index is 1.83. The van der Waals surface area contributed by atoms with Crippen LogP contribution < -0.4 is 11.2 Å². The van der Waals surface area contributed by atoms with Gasteiger partial charge in [-0.05, 0) is 6.92 Å². The highest BCUT2D eigenvalue weighted by atomic mass is 16.5. The van der Waals surface area contributed by atoms with Crippen molar-refractivity contribution in [1.29, 1.82) is 0 Å². The number of morpholine rings is 1. The zero-order valence-electron chi connectivity index (χ0n) is 15.7. The third-order valence-corrected chi connectivity index (χ3v) is 5.20. The lowest BCUT2D eigenvalue weighted by molar-refractivity contribution is 0.0364. The van der Waals surface area contributed by atoms with Crippen molar-refractivity contribution in [2.45, 2.75) is 20.0 Å². The maximum atomic E-state index is 12.9. The van der Waals surface area contributed by atoms with Crippen molar-refractivity contribution in [1.82, 2.24) is 28.0 Å². The molecule has 27 heavy (non-hydrogen) atoms. The van der Waals surface area contributed by atoms with E-state index in [1.54, 1.807) is 17.5 Å². The molecule has 0 amide bonds. The van der Waals surface area contributed by atoms with Gasteiger partial charge in [0.1, 0.15) is 0 Å². The molecule has 0 aliphatic carbocycles. The molecular formula is C18H24N6O3. The van der Waals surface area contributed by atoms with E-state index in [2.05, 4.69) is 21.0 Å². The van der Waals surface area contributed by atoms with Crippen molar-refractivity contribution in [2.75, 3.05) is 32.8 Å². The van der Waals surface area contributed by atoms with Crippen molar-refractivity contribution in [2.24, 2.45) is 7.05 Å². The van der Waals surface area contributed by atoms with Crippen molar-refractivity contribution in [3.63, 3.8) is 0 Å². The summed E-state index contributed by atoms with van der Waals surface area (Å²) in [7, 11) is 1.64. The van der Waals surface area contributed by atoms with Gasteiger partial charge in [-0.2, -0.15) is 4.98 Å². The van der Waals surface area contributed by atoms with Gasteiger partial charge in [-0.25, -0.2) is 4.79 Å². The van der Waals surface area contributed by atoms with Crippen molar-refractivity contribution in [3.8, 4) is 0 Å². The maximum Gasteiger partial charge on any atom is 0.332 e. The highest BCUT2D eigenvalue weighted by molar-refractivity contribution is 5.75. The molecular weight excluding hydrogens is 348 g/mol. The number of allylic oxidation sites excluding steroid dienone is 1. The fraction of sp³-hybridized carbons (Fsp3) is 0.500. The van der Waals surface area contributed by atoms with E-state index in [1.165, 1.54) is 9.13 Å². The first-order valence-corrected chi connectivity index (χ1v) is 9.11. The molecule has 144 valence electrons. The number of aromatic nitrogens is 5. The van der Waals surface area contributed by atoms with E-state index >= 15 is 0 Å². The van der Waals surface area contributed by atoms with Crippen LogP contribution in [0.2, 0.25) is 0 Å². The first kappa shape index (κ1) is 17.7. The molecule has 0 aromatic carbocycles. The third-order valence-electron chi connectivity index (χ3n) is 5.20. The fourth-order valence-electron chi connectivity index (χ4n) is 3.69. The van der Waals surface area contributed by atoms with Crippen LogP contribution in [-0.2, 0) is 24.9 Å². The predicted octanol–water partition coefficient (Wildman–Crippen LogP) is -0.0240. The molecule has 1 fully saturated rings. The largest absolute Gasteiger partial charge is 0.379 e. The van der Waals surface area contributed by atoms with E-state index in [0.717, 1.165) is 45.1 Å². The van der Waals surface area contributed by atoms with Gasteiger partial charge in [-0.3, -0.25) is 23.2 Å². The Bertz CT molecular complexity index is 1130. The number of hydrogen-bond donors (Lipinski definition) is 0. The summed E-state index contributed by atoms with van der Waals surface area (Å²) in [5.74, 6) is 0.680. The van der Waals surface area contributed by atoms with Gasteiger partial charge in [0, 0.05) is 51.7 Å². The molecule has 4 rings (SSSR count). The summed E-state index contributed by atoms with van der Waals surface area (Å²) in [5, 5.41) is 0. The third kappa shape index (κ3) is 2.83. The maximum absolute atomic E-state index is 12.9. The molecule has 0 atom stereocenters. The van der Waals surface area contributed by atoms with E-state index < -0.39 is 0 Å². The Hall–Kier alpha value is -2.65. The summed E-state index contributed by atoms with van der Waals surface area (Å²) in [6.45, 7) is 10.8. The molecule has 9 heteroatoms. The van der Waals surface area contributed by atoms with E-state index in [4.69, 9.17) is 4.74 Å². The topological polar surface area (TPSA) is 78.7 Å². The second-order valence-electron chi connectivity index (χ2n) is 6.88. The smallest absolute Gasteiger partial charge is 0.332 e. The number of imidazole rings is 2. The predicted molar refractivity (Wildman–Crippen MR) is 102 cm³/mol. The first-order valence-electron chi connectivity index (χ1n) is 9.11. The lowest BCUT2D eigenvalue weighted by Crippen LogP contribution is -2.39. The van der Waals surface area contributed by atoms with E-state index in [1.807, 2.05) is 13.1 Å². The number of fused-ring (bicyclic) bond motifs is 3. The molecule has 1 aliphatic rings. The molecule has 0 saturated carbocycles. The van der Waals surface area contributed by atoms with Crippen LogP contribution in [0.15, 0.2) is 28.4 Å². The van der Waals surface area contributed by atoms with Crippen LogP contribution in [0.1, 0.15) is 5.69 Å². The summed E-state index contributed by atoms with van der Waals surface area (Å²) in [6, 6.07) is 0. The standard InChI is InChI=1S/C18H24N6O3/c1-4-5-23-16(25)14-15(20(3)18(23)26)19-17-22(13(2)12-24(14)17)7-6-21-8-10-27-11-9-21/h4,12H,1,5-11H2,2-3H3. The van der Waals surface area contributed by atoms with Gasteiger partial charge in [0.25, 0.3) is 5.56 Å². The fourth-order valence-corrected chi connectivity index (χ4v) is 3.69. The molecule has 0 bridgehead atoms. The lowest BCUT2D eigenvalue weighted by Gasteiger charge is -2.26. The molecule has 1 saturated heterocycles. The summed E-state index contributed by atoms with van der Waals surface area (Å²) < 4.78 is 11.9. The van der Waals surface area contributed by atoms with Crippen LogP contribution in [0, 0.1) is 6.92 Å². The summed E-state index contributed by atoms with van der Waals surface area (Å²) >= 11 is 0.